The van der Waals surface area contributed by atoms with Crippen LogP contribution >= 0.6 is 27.7 Å². The molecule has 2 amide bonds. The zero-order valence-corrected chi connectivity index (χ0v) is 20.8. The van der Waals surface area contributed by atoms with Crippen LogP contribution in [0.15, 0.2) is 76.1 Å². The summed E-state index contributed by atoms with van der Waals surface area (Å²) in [4.78, 5) is 49.1. The number of imide groups is 1. The Balaban J connectivity index is 1.51. The van der Waals surface area contributed by atoms with Crippen LogP contribution in [0.2, 0.25) is 0 Å². The SMILES string of the molecule is O=C(CN1C(=O)S/C(=C\c2cc(Br)ccc2OCc2ccccc2F)C1=O)c1ccc([N+](=O)[O-])cc1. The number of ether oxygens (including phenoxy) is 1. The van der Waals surface area contributed by atoms with Gasteiger partial charge < -0.3 is 4.74 Å². The Labute approximate surface area is 217 Å². The van der Waals surface area contributed by atoms with Gasteiger partial charge in [-0.2, -0.15) is 0 Å². The standard InChI is InChI=1S/C25H16BrFN2O6S/c26-18-7-10-22(35-14-16-3-1-2-4-20(16)27)17(11-18)12-23-24(31)28(25(32)36-23)13-21(30)15-5-8-19(9-6-15)29(33)34/h1-12H,13-14H2/b23-12-. The van der Waals surface area contributed by atoms with Gasteiger partial charge >= 0.3 is 0 Å². The molecule has 182 valence electrons. The van der Waals surface area contributed by atoms with Gasteiger partial charge in [0.1, 0.15) is 18.2 Å². The van der Waals surface area contributed by atoms with E-state index in [4.69, 9.17) is 4.74 Å². The monoisotopic (exact) mass is 570 g/mol. The highest BCUT2D eigenvalue weighted by molar-refractivity contribution is 9.10. The van der Waals surface area contributed by atoms with Gasteiger partial charge in [0.25, 0.3) is 16.8 Å². The number of halogens is 2. The van der Waals surface area contributed by atoms with E-state index in [0.717, 1.165) is 4.90 Å². The summed E-state index contributed by atoms with van der Waals surface area (Å²) in [6, 6.07) is 16.2. The minimum absolute atomic E-state index is 0.0413. The summed E-state index contributed by atoms with van der Waals surface area (Å²) in [5.41, 5.74) is 0.798. The molecule has 1 fully saturated rings. The predicted octanol–water partition coefficient (Wildman–Crippen LogP) is 5.99. The molecule has 3 aromatic rings. The first-order valence-corrected chi connectivity index (χ1v) is 12.0. The Hall–Kier alpha value is -3.83. The fourth-order valence-electron chi connectivity index (χ4n) is 3.32. The van der Waals surface area contributed by atoms with Gasteiger partial charge in [-0.1, -0.05) is 34.1 Å². The van der Waals surface area contributed by atoms with Crippen molar-refractivity contribution in [3.63, 3.8) is 0 Å². The van der Waals surface area contributed by atoms with Crippen LogP contribution < -0.4 is 4.74 Å². The summed E-state index contributed by atoms with van der Waals surface area (Å²) in [6.45, 7) is -0.546. The molecule has 1 aliphatic heterocycles. The van der Waals surface area contributed by atoms with Gasteiger partial charge in [0.05, 0.1) is 16.4 Å². The molecule has 0 aliphatic carbocycles. The van der Waals surface area contributed by atoms with Crippen molar-refractivity contribution in [1.82, 2.24) is 4.90 Å². The normalized spacial score (nSPS) is 14.4. The number of hydrogen-bond acceptors (Lipinski definition) is 7. The average Bonchev–Trinajstić information content (AvgIpc) is 3.11. The Kier molecular flexibility index (Phi) is 7.61. The largest absolute Gasteiger partial charge is 0.488 e. The number of benzene rings is 3. The Morgan fingerprint density at radius 1 is 1.11 bits per heavy atom. The van der Waals surface area contributed by atoms with Crippen molar-refractivity contribution in [3.05, 3.63) is 109 Å². The quantitative estimate of drug-likeness (QED) is 0.141. The highest BCUT2D eigenvalue weighted by Crippen LogP contribution is 2.35. The number of thioether (sulfide) groups is 1. The number of carbonyl (C=O) groups is 3. The molecule has 3 aromatic carbocycles. The second-order valence-electron chi connectivity index (χ2n) is 7.56. The van der Waals surface area contributed by atoms with Gasteiger partial charge in [0, 0.05) is 33.3 Å². The van der Waals surface area contributed by atoms with Crippen LogP contribution in [0.25, 0.3) is 6.08 Å². The molecule has 8 nitrogen and oxygen atoms in total. The predicted molar refractivity (Wildman–Crippen MR) is 135 cm³/mol. The van der Waals surface area contributed by atoms with E-state index in [0.29, 0.717) is 33.1 Å². The summed E-state index contributed by atoms with van der Waals surface area (Å²) in [6.07, 6.45) is 1.47. The van der Waals surface area contributed by atoms with Crippen LogP contribution in [0.5, 0.6) is 5.75 Å². The lowest BCUT2D eigenvalue weighted by Crippen LogP contribution is -2.33. The van der Waals surface area contributed by atoms with Crippen molar-refractivity contribution < 1.29 is 28.4 Å². The van der Waals surface area contributed by atoms with Crippen LogP contribution in [0.1, 0.15) is 21.5 Å². The van der Waals surface area contributed by atoms with Gasteiger partial charge in [-0.25, -0.2) is 4.39 Å². The lowest BCUT2D eigenvalue weighted by atomic mass is 10.1. The topological polar surface area (TPSA) is 107 Å². The van der Waals surface area contributed by atoms with E-state index >= 15 is 0 Å². The van der Waals surface area contributed by atoms with E-state index in [1.54, 1.807) is 36.4 Å². The number of non-ortho nitro benzene ring substituents is 1. The summed E-state index contributed by atoms with van der Waals surface area (Å²) in [5, 5.41) is 10.2. The van der Waals surface area contributed by atoms with Gasteiger partial charge in [-0.15, -0.1) is 0 Å². The molecule has 0 spiro atoms. The van der Waals surface area contributed by atoms with E-state index < -0.39 is 34.2 Å². The van der Waals surface area contributed by atoms with Gasteiger partial charge in [0.15, 0.2) is 5.78 Å². The maximum Gasteiger partial charge on any atom is 0.293 e. The molecule has 0 N–H and O–H groups in total. The molecule has 0 radical (unpaired) electrons. The summed E-state index contributed by atoms with van der Waals surface area (Å²) in [7, 11) is 0. The van der Waals surface area contributed by atoms with Gasteiger partial charge in [-0.05, 0) is 54.2 Å². The highest BCUT2D eigenvalue weighted by Gasteiger charge is 2.36. The lowest BCUT2D eigenvalue weighted by molar-refractivity contribution is -0.384. The van der Waals surface area contributed by atoms with Crippen LogP contribution in [0, 0.1) is 15.9 Å². The third-order valence-electron chi connectivity index (χ3n) is 5.17. The molecule has 0 unspecified atom stereocenters. The van der Waals surface area contributed by atoms with Crippen molar-refractivity contribution in [3.8, 4) is 5.75 Å². The highest BCUT2D eigenvalue weighted by atomic mass is 79.9. The molecule has 1 aliphatic rings. The Morgan fingerprint density at radius 2 is 1.83 bits per heavy atom. The van der Waals surface area contributed by atoms with Gasteiger partial charge in [0.2, 0.25) is 0 Å². The zero-order chi connectivity index (χ0) is 25.8. The van der Waals surface area contributed by atoms with Crippen molar-refractivity contribution in [1.29, 1.82) is 0 Å². The van der Waals surface area contributed by atoms with E-state index in [1.165, 1.54) is 36.4 Å². The number of nitro benzene ring substituents is 1. The summed E-state index contributed by atoms with van der Waals surface area (Å²) >= 11 is 4.04. The fraction of sp³-hybridized carbons (Fsp3) is 0.0800. The molecular weight excluding hydrogens is 555 g/mol. The zero-order valence-electron chi connectivity index (χ0n) is 18.4. The first-order chi connectivity index (χ1) is 17.2. The van der Waals surface area contributed by atoms with Crippen LogP contribution in [-0.4, -0.2) is 33.3 Å². The summed E-state index contributed by atoms with van der Waals surface area (Å²) < 4.78 is 20.4. The third kappa shape index (κ3) is 5.69. The Morgan fingerprint density at radius 3 is 2.53 bits per heavy atom. The number of hydrogen-bond donors (Lipinski definition) is 0. The molecular formula is C25H16BrFN2O6S. The number of nitrogens with zero attached hydrogens (tertiary/aromatic N) is 2. The minimum atomic E-state index is -0.653. The molecule has 0 bridgehead atoms. The first-order valence-electron chi connectivity index (χ1n) is 10.4. The Bertz CT molecular complexity index is 1410. The number of carbonyl (C=O) groups excluding carboxylic acids is 3. The second kappa shape index (κ2) is 10.8. The molecule has 11 heteroatoms. The van der Waals surface area contributed by atoms with Crippen LogP contribution in [-0.2, 0) is 11.4 Å². The summed E-state index contributed by atoms with van der Waals surface area (Å²) in [5.74, 6) is -1.23. The second-order valence-corrected chi connectivity index (χ2v) is 9.47. The minimum Gasteiger partial charge on any atom is -0.488 e. The first kappa shape index (κ1) is 25.3. The third-order valence-corrected chi connectivity index (χ3v) is 6.58. The molecule has 0 aromatic heterocycles. The smallest absolute Gasteiger partial charge is 0.293 e. The van der Waals surface area contributed by atoms with Gasteiger partial charge in [-0.3, -0.25) is 29.4 Å². The molecule has 4 rings (SSSR count). The van der Waals surface area contributed by atoms with E-state index in [-0.39, 0.29) is 22.8 Å². The van der Waals surface area contributed by atoms with Crippen LogP contribution in [0.4, 0.5) is 14.9 Å². The van der Waals surface area contributed by atoms with Crippen molar-refractivity contribution in [2.24, 2.45) is 0 Å². The molecule has 1 saturated heterocycles. The maximum absolute atomic E-state index is 14.0. The maximum atomic E-state index is 14.0. The number of Topliss-reactive ketones (excluding diaryl/α,β-unsaturated/α-hetero) is 1. The van der Waals surface area contributed by atoms with Crippen molar-refractivity contribution >= 4 is 56.4 Å². The number of nitro groups is 1. The lowest BCUT2D eigenvalue weighted by Gasteiger charge is -2.12. The average molecular weight is 571 g/mol. The van der Waals surface area contributed by atoms with Crippen LogP contribution in [0.3, 0.4) is 0 Å². The number of ketones is 1. The molecule has 36 heavy (non-hydrogen) atoms. The number of rotatable bonds is 8. The van der Waals surface area contributed by atoms with E-state index in [2.05, 4.69) is 15.9 Å². The number of amides is 2. The molecule has 0 atom stereocenters. The van der Waals surface area contributed by atoms with E-state index in [1.807, 2.05) is 0 Å². The van der Waals surface area contributed by atoms with Crippen molar-refractivity contribution in [2.75, 3.05) is 6.54 Å². The van der Waals surface area contributed by atoms with Crippen molar-refractivity contribution in [2.45, 2.75) is 6.61 Å². The fourth-order valence-corrected chi connectivity index (χ4v) is 4.52. The molecule has 0 saturated carbocycles. The van der Waals surface area contributed by atoms with E-state index in [9.17, 15) is 28.9 Å². The molecule has 1 heterocycles.